The highest BCUT2D eigenvalue weighted by Crippen LogP contribution is 1.89. The average molecular weight is 155 g/mol. The van der Waals surface area contributed by atoms with Crippen LogP contribution in [0.4, 0.5) is 0 Å². The minimum absolute atomic E-state index is 0. The molecule has 0 radical (unpaired) electrons. The van der Waals surface area contributed by atoms with E-state index in [0.29, 0.717) is 5.84 Å². The highest BCUT2D eigenvalue weighted by molar-refractivity contribution is 7.81. The molecule has 50 valence electrons. The molecule has 0 aliphatic carbocycles. The summed E-state index contributed by atoms with van der Waals surface area (Å²) in [5.41, 5.74) is 5.29. The van der Waals surface area contributed by atoms with Crippen molar-refractivity contribution in [3.63, 3.8) is 0 Å². The van der Waals surface area contributed by atoms with Crippen LogP contribution in [0.1, 0.15) is 6.92 Å². The van der Waals surface area contributed by atoms with E-state index in [1.54, 1.807) is 7.05 Å². The van der Waals surface area contributed by atoms with Gasteiger partial charge in [-0.05, 0) is 6.92 Å². The number of thiol groups is 1. The number of hydrogen-bond acceptors (Lipinski definition) is 2. The number of nitrogens with two attached hydrogens (primary N) is 1. The van der Waals surface area contributed by atoms with Crippen molar-refractivity contribution in [1.29, 1.82) is 0 Å². The highest BCUT2D eigenvalue weighted by Gasteiger charge is 1.94. The van der Waals surface area contributed by atoms with Gasteiger partial charge in [0.2, 0.25) is 0 Å². The predicted octanol–water partition coefficient (Wildman–Crippen LogP) is 0.713. The van der Waals surface area contributed by atoms with Gasteiger partial charge in [-0.15, -0.1) is 12.4 Å². The smallest absolute Gasteiger partial charge is 0.106 e. The monoisotopic (exact) mass is 154 g/mol. The molecule has 2 nitrogen and oxygen atoms in total. The quantitative estimate of drug-likeness (QED) is 0.326. The Balaban J connectivity index is 0. The first-order valence-electron chi connectivity index (χ1n) is 2.08. The van der Waals surface area contributed by atoms with E-state index in [4.69, 9.17) is 5.73 Å². The van der Waals surface area contributed by atoms with Crippen LogP contribution in [0.2, 0.25) is 0 Å². The molecule has 0 aromatic rings. The van der Waals surface area contributed by atoms with Gasteiger partial charge in [-0.2, -0.15) is 12.6 Å². The molecule has 0 unspecified atom stereocenters. The summed E-state index contributed by atoms with van der Waals surface area (Å²) in [6.45, 7) is 1.88. The Labute approximate surface area is 61.4 Å². The van der Waals surface area contributed by atoms with Crippen LogP contribution in [0.3, 0.4) is 0 Å². The van der Waals surface area contributed by atoms with Gasteiger partial charge in [-0.3, -0.25) is 4.99 Å². The van der Waals surface area contributed by atoms with Crippen molar-refractivity contribution in [2.24, 2.45) is 10.7 Å². The molecule has 0 aliphatic rings. The summed E-state index contributed by atoms with van der Waals surface area (Å²) in [6, 6.07) is 0. The summed E-state index contributed by atoms with van der Waals surface area (Å²) < 4.78 is 0. The van der Waals surface area contributed by atoms with Gasteiger partial charge in [0.05, 0.1) is 5.25 Å². The fraction of sp³-hybridized carbons (Fsp3) is 0.750. The molecule has 0 aromatic heterocycles. The third-order valence-electron chi connectivity index (χ3n) is 0.686. The Bertz CT molecular complexity index is 82.1. The largest absolute Gasteiger partial charge is 0.387 e. The first-order valence-corrected chi connectivity index (χ1v) is 2.60. The summed E-state index contributed by atoms with van der Waals surface area (Å²) in [6.07, 6.45) is 0. The molecule has 0 heterocycles. The van der Waals surface area contributed by atoms with Crippen LogP contribution in [-0.2, 0) is 0 Å². The molecule has 0 amide bonds. The Hall–Kier alpha value is 0.110. The van der Waals surface area contributed by atoms with Crippen molar-refractivity contribution in [2.75, 3.05) is 7.05 Å². The van der Waals surface area contributed by atoms with Gasteiger partial charge in [0.1, 0.15) is 5.84 Å². The zero-order valence-electron chi connectivity index (χ0n) is 4.96. The van der Waals surface area contributed by atoms with Crippen molar-refractivity contribution in [3.05, 3.63) is 0 Å². The predicted molar refractivity (Wildman–Crippen MR) is 43.2 cm³/mol. The van der Waals surface area contributed by atoms with Crippen molar-refractivity contribution in [1.82, 2.24) is 0 Å². The van der Waals surface area contributed by atoms with Crippen LogP contribution < -0.4 is 5.73 Å². The zero-order chi connectivity index (χ0) is 5.86. The van der Waals surface area contributed by atoms with Crippen LogP contribution in [0.15, 0.2) is 4.99 Å². The van der Waals surface area contributed by atoms with Crippen LogP contribution in [0, 0.1) is 0 Å². The highest BCUT2D eigenvalue weighted by atomic mass is 35.5. The van der Waals surface area contributed by atoms with Crippen LogP contribution in [-0.4, -0.2) is 18.1 Å². The lowest BCUT2D eigenvalue weighted by Gasteiger charge is -1.98. The number of hydrogen-bond donors (Lipinski definition) is 2. The van der Waals surface area contributed by atoms with Gasteiger partial charge in [-0.1, -0.05) is 0 Å². The van der Waals surface area contributed by atoms with Crippen molar-refractivity contribution < 1.29 is 0 Å². The molecular formula is C4H11ClN2S. The third kappa shape index (κ3) is 4.27. The SMILES string of the molecule is CN=C(N)[C@@H](C)S.Cl. The van der Waals surface area contributed by atoms with E-state index in [-0.39, 0.29) is 17.7 Å². The molecule has 0 bridgehead atoms. The normalized spacial score (nSPS) is 14.6. The maximum absolute atomic E-state index is 5.29. The van der Waals surface area contributed by atoms with Gasteiger partial charge in [0.15, 0.2) is 0 Å². The maximum Gasteiger partial charge on any atom is 0.106 e. The number of aliphatic imine (C=N–C) groups is 1. The average Bonchev–Trinajstić information content (AvgIpc) is 1.65. The molecule has 2 N–H and O–H groups in total. The number of nitrogens with zero attached hydrogens (tertiary/aromatic N) is 1. The minimum atomic E-state index is 0. The molecule has 0 spiro atoms. The van der Waals surface area contributed by atoms with Crippen molar-refractivity contribution in [2.45, 2.75) is 12.2 Å². The van der Waals surface area contributed by atoms with Gasteiger partial charge >= 0.3 is 0 Å². The third-order valence-corrected chi connectivity index (χ3v) is 0.951. The maximum atomic E-state index is 5.29. The molecular weight excluding hydrogens is 144 g/mol. The fourth-order valence-corrected chi connectivity index (χ4v) is 0.302. The number of rotatable bonds is 1. The van der Waals surface area contributed by atoms with Crippen molar-refractivity contribution >= 4 is 30.9 Å². The standard InChI is InChI=1S/C4H10N2S.ClH/c1-3(7)4(5)6-2;/h3,7H,1-2H3,(H2,5,6);1H/t3-;/m1./s1. The van der Waals surface area contributed by atoms with Gasteiger partial charge in [0, 0.05) is 7.05 Å². The summed E-state index contributed by atoms with van der Waals surface area (Å²) >= 11 is 4.02. The van der Waals surface area contributed by atoms with E-state index in [0.717, 1.165) is 0 Å². The van der Waals surface area contributed by atoms with Gasteiger partial charge < -0.3 is 5.73 Å². The van der Waals surface area contributed by atoms with Crippen LogP contribution >= 0.6 is 25.0 Å². The molecule has 0 rings (SSSR count). The lowest BCUT2D eigenvalue weighted by Crippen LogP contribution is -2.20. The number of amidine groups is 1. The van der Waals surface area contributed by atoms with Gasteiger partial charge in [-0.25, -0.2) is 0 Å². The van der Waals surface area contributed by atoms with E-state index >= 15 is 0 Å². The first-order chi connectivity index (χ1) is 3.18. The molecule has 0 aliphatic heterocycles. The zero-order valence-corrected chi connectivity index (χ0v) is 6.67. The molecule has 1 atom stereocenters. The first kappa shape index (κ1) is 11.0. The van der Waals surface area contributed by atoms with Crippen molar-refractivity contribution in [3.8, 4) is 0 Å². The second kappa shape index (κ2) is 5.25. The second-order valence-corrected chi connectivity index (χ2v) is 2.10. The van der Waals surface area contributed by atoms with E-state index in [1.165, 1.54) is 0 Å². The lowest BCUT2D eigenvalue weighted by atomic mass is 10.4. The van der Waals surface area contributed by atoms with Gasteiger partial charge in [0.25, 0.3) is 0 Å². The Kier molecular flexibility index (Phi) is 7.21. The van der Waals surface area contributed by atoms with E-state index in [2.05, 4.69) is 17.6 Å². The lowest BCUT2D eigenvalue weighted by molar-refractivity contribution is 1.24. The van der Waals surface area contributed by atoms with Crippen LogP contribution in [0.25, 0.3) is 0 Å². The Morgan fingerprint density at radius 1 is 1.75 bits per heavy atom. The molecule has 0 saturated carbocycles. The summed E-state index contributed by atoms with van der Waals surface area (Å²) in [5, 5.41) is 0.0880. The summed E-state index contributed by atoms with van der Waals surface area (Å²) in [4.78, 5) is 3.71. The minimum Gasteiger partial charge on any atom is -0.387 e. The molecule has 4 heteroatoms. The van der Waals surface area contributed by atoms with Crippen LogP contribution in [0.5, 0.6) is 0 Å². The molecule has 0 fully saturated rings. The fourth-order valence-electron chi connectivity index (χ4n) is 0.187. The molecule has 0 aromatic carbocycles. The summed E-state index contributed by atoms with van der Waals surface area (Å²) in [5.74, 6) is 0.586. The molecule has 0 saturated heterocycles. The summed E-state index contributed by atoms with van der Waals surface area (Å²) in [7, 11) is 1.65. The topological polar surface area (TPSA) is 38.4 Å². The van der Waals surface area contributed by atoms with E-state index < -0.39 is 0 Å². The second-order valence-electron chi connectivity index (χ2n) is 1.32. The molecule has 8 heavy (non-hydrogen) atoms. The Morgan fingerprint density at radius 3 is 2.12 bits per heavy atom. The Morgan fingerprint density at radius 2 is 2.12 bits per heavy atom. The van der Waals surface area contributed by atoms with E-state index in [1.807, 2.05) is 6.92 Å². The van der Waals surface area contributed by atoms with E-state index in [9.17, 15) is 0 Å². The number of halogens is 1.